The number of sulfonamides is 1. The zero-order valence-electron chi connectivity index (χ0n) is 70.0. The van der Waals surface area contributed by atoms with E-state index in [0.29, 0.717) is 47.8 Å². The van der Waals surface area contributed by atoms with E-state index in [2.05, 4.69) is 139 Å². The van der Waals surface area contributed by atoms with Crippen LogP contribution in [0.25, 0.3) is 54.5 Å². The van der Waals surface area contributed by atoms with Gasteiger partial charge >= 0.3 is 6.09 Å². The summed E-state index contributed by atoms with van der Waals surface area (Å²) in [4.78, 5) is 32.1. The highest BCUT2D eigenvalue weighted by atomic mass is 79.9. The molecule has 8 N–H and O–H groups in total. The molecule has 0 fully saturated rings. The van der Waals surface area contributed by atoms with Crippen molar-refractivity contribution in [2.24, 2.45) is 0 Å². The number of halogens is 9. The molecule has 16 aromatic rings. The zero-order chi connectivity index (χ0) is 88.3. The molecule has 0 saturated heterocycles. The Kier molecular flexibility index (Phi) is 28.0. The van der Waals surface area contributed by atoms with Gasteiger partial charge in [0.25, 0.3) is 0 Å². The minimum Gasteiger partial charge on any atom is -0.491 e. The van der Waals surface area contributed by atoms with Gasteiger partial charge in [0.2, 0.25) is 10.0 Å². The van der Waals surface area contributed by atoms with Gasteiger partial charge < -0.3 is 55.1 Å². The lowest BCUT2D eigenvalue weighted by Crippen LogP contribution is -2.41. The van der Waals surface area contributed by atoms with Crippen LogP contribution in [0.2, 0.25) is 35.2 Å². The van der Waals surface area contributed by atoms with Crippen LogP contribution in [0.3, 0.4) is 0 Å². The minimum atomic E-state index is -3.41. The van der Waals surface area contributed by atoms with Crippen LogP contribution >= 0.6 is 113 Å². The molecule has 21 rings (SSSR count). The maximum absolute atomic E-state index is 12.6. The van der Waals surface area contributed by atoms with Crippen molar-refractivity contribution >= 4 is 184 Å². The van der Waals surface area contributed by atoms with Crippen LogP contribution in [-0.4, -0.2) is 100 Å². The fourth-order valence-corrected chi connectivity index (χ4v) is 22.0. The molecule has 1 amide bonds. The van der Waals surface area contributed by atoms with Crippen molar-refractivity contribution in [3.8, 4) is 11.5 Å². The van der Waals surface area contributed by atoms with Crippen LogP contribution in [-0.2, 0) is 66.3 Å². The van der Waals surface area contributed by atoms with E-state index < -0.39 is 16.1 Å². The van der Waals surface area contributed by atoms with Crippen LogP contribution in [0.15, 0.2) is 246 Å². The summed E-state index contributed by atoms with van der Waals surface area (Å²) >= 11 is 50.4. The maximum atomic E-state index is 12.6. The number of benzene rings is 11. The number of hydrogen-bond donors (Lipinski definition) is 8. The first-order chi connectivity index (χ1) is 61.4. The highest BCUT2D eigenvalue weighted by Crippen LogP contribution is 2.45. The number of fused-ring (bicyclic) bond motifs is 15. The SMILES string of the molecule is CC(C)Oc1ccc(C2NCCc3c2[nH]c2ccc(Cl)cc32)cc1.CCOC(=O)N1CCc2c([nH]c3ccc(Cl)cc23)C1Cc1ccccc1.CS(=O)(=O)N1CCc2c([nH]c3ccc(Cl)cc23)C1c1ccc(OCc2ccccc2)cc1.Clc1ccc(CC2NCCc3c2[nH]c2ccc(Cl)cc32)c(Cl)c1.Clc1ccc2[nH]c3c(c2c1)CCNC3c1cc(Br)cc(Br)c1. The highest BCUT2D eigenvalue weighted by Gasteiger charge is 2.39. The topological polar surface area (TPSA) is 200 Å². The number of rotatable bonds is 14. The van der Waals surface area contributed by atoms with Crippen molar-refractivity contribution < 1.29 is 27.4 Å². The van der Waals surface area contributed by atoms with Crippen molar-refractivity contribution in [1.29, 1.82) is 0 Å². The molecule has 10 heterocycles. The summed E-state index contributed by atoms with van der Waals surface area (Å²) in [7, 11) is -3.41. The van der Waals surface area contributed by atoms with E-state index >= 15 is 0 Å². The number of hydrogen-bond acceptors (Lipinski definition) is 9. The van der Waals surface area contributed by atoms with Gasteiger partial charge in [0.05, 0.1) is 49.2 Å². The molecule has 0 saturated carbocycles. The zero-order valence-corrected chi connectivity index (χ0v) is 79.3. The van der Waals surface area contributed by atoms with E-state index in [-0.39, 0.29) is 36.4 Å². The molecule has 5 aliphatic heterocycles. The molecule has 5 unspecified atom stereocenters. The molecule has 652 valence electrons. The number of ether oxygens (including phenoxy) is 3. The molecule has 16 nitrogen and oxygen atoms in total. The smallest absolute Gasteiger partial charge is 0.410 e. The van der Waals surface area contributed by atoms with E-state index in [1.165, 1.54) is 78.4 Å². The van der Waals surface area contributed by atoms with Crippen LogP contribution in [0.1, 0.15) is 141 Å². The molecule has 0 spiro atoms. The van der Waals surface area contributed by atoms with Crippen LogP contribution in [0, 0.1) is 0 Å². The van der Waals surface area contributed by atoms with E-state index in [4.69, 9.17) is 95.4 Å². The normalized spacial score (nSPS) is 17.1. The number of aromatic amines is 5. The van der Waals surface area contributed by atoms with E-state index in [1.54, 1.807) is 10.4 Å². The Hall–Kier alpha value is -9.23. The number of H-pyrrole nitrogens is 5. The standard InChI is InChI=1S/C25H23ClN2O3S.C21H21ClN2O2.C20H21ClN2O.C18H15Cl3N2.C17H13Br2ClN2/c1-32(29,30)28-14-13-21-22-15-19(26)9-12-23(22)27-24(21)25(28)18-7-10-20(11-8-18)31-16-17-5-3-2-4-6-17;1-2-26-21(25)24-11-10-16-17-13-15(22)8-9-18(17)23-20(16)19(24)12-14-6-4-3-5-7-14;1-12(2)24-15-6-3-13(4-7-15)19-20-16(9-10-22-19)17-11-14(21)5-8-18(17)23-20;19-11-3-4-16-14(8-11)13-5-6-22-17(18(13)23-16)7-10-1-2-12(20)9-15(10)21;18-10-5-9(6-11(19)7-10)16-17-13(3-4-21-16)14-8-12(20)1-2-15(14)22-17/h2-12,15,25,27H,13-14,16H2,1H3;3-9,13,19,23H,2,10-12H2,1H3;3-8,11-12,19,22-23H,9-10H2,1-2H3;1-4,8-9,17,22-23H,5-7H2;1-2,5-8,16,21-22H,3-4H2. The van der Waals surface area contributed by atoms with Crippen LogP contribution in [0.5, 0.6) is 11.5 Å². The Morgan fingerprint density at radius 2 is 0.866 bits per heavy atom. The number of nitrogens with one attached hydrogen (secondary N) is 8. The lowest BCUT2D eigenvalue weighted by Gasteiger charge is -2.35. The first kappa shape index (κ1) is 89.7. The van der Waals surface area contributed by atoms with Gasteiger partial charge in [-0.15, -0.1) is 0 Å². The molecule has 11 aromatic carbocycles. The predicted octanol–water partition coefficient (Wildman–Crippen LogP) is 26.4. The molecule has 127 heavy (non-hydrogen) atoms. The van der Waals surface area contributed by atoms with Gasteiger partial charge in [-0.3, -0.25) is 4.90 Å². The first-order valence-corrected chi connectivity index (χ1v) is 48.6. The third-order valence-corrected chi connectivity index (χ3v) is 27.9. The Balaban J connectivity index is 0.000000113. The Labute approximate surface area is 790 Å². The fraction of sp³-hybridized carbons (Fsp3) is 0.238. The van der Waals surface area contributed by atoms with Gasteiger partial charge in [-0.2, -0.15) is 4.31 Å². The number of nitrogens with zero attached hydrogens (tertiary/aromatic N) is 2. The van der Waals surface area contributed by atoms with Crippen LogP contribution in [0.4, 0.5) is 4.79 Å². The molecule has 0 bridgehead atoms. The lowest BCUT2D eigenvalue weighted by molar-refractivity contribution is 0.0857. The van der Waals surface area contributed by atoms with E-state index in [9.17, 15) is 13.2 Å². The summed E-state index contributed by atoms with van der Waals surface area (Å²) in [6.07, 6.45) is 7.22. The monoisotopic (exact) mass is 1980 g/mol. The van der Waals surface area contributed by atoms with Gasteiger partial charge in [-0.25, -0.2) is 13.2 Å². The van der Waals surface area contributed by atoms with Crippen molar-refractivity contribution in [2.75, 3.05) is 45.6 Å². The van der Waals surface area contributed by atoms with Crippen molar-refractivity contribution in [3.63, 3.8) is 0 Å². The highest BCUT2D eigenvalue weighted by molar-refractivity contribution is 9.11. The Morgan fingerprint density at radius 1 is 0.441 bits per heavy atom. The second kappa shape index (κ2) is 39.6. The molecule has 0 radical (unpaired) electrons. The summed E-state index contributed by atoms with van der Waals surface area (Å²) in [6, 6.07) is 78.1. The average molecular weight is 1980 g/mol. The van der Waals surface area contributed by atoms with E-state index in [1.807, 2.05) is 189 Å². The summed E-state index contributed by atoms with van der Waals surface area (Å²) in [5.74, 6) is 1.65. The maximum Gasteiger partial charge on any atom is 0.410 e. The molecular weight excluding hydrogens is 1890 g/mol. The Morgan fingerprint density at radius 3 is 1.37 bits per heavy atom. The van der Waals surface area contributed by atoms with Gasteiger partial charge in [0.15, 0.2) is 0 Å². The molecule has 0 aliphatic carbocycles. The average Bonchev–Trinajstić information content (AvgIpc) is 1.60. The minimum absolute atomic E-state index is 0.0774. The first-order valence-electron chi connectivity index (χ1n) is 42.5. The number of aromatic nitrogens is 5. The predicted molar refractivity (Wildman–Crippen MR) is 527 cm³/mol. The molecule has 5 atom stereocenters. The van der Waals surface area contributed by atoms with Crippen LogP contribution < -0.4 is 25.4 Å². The lowest BCUT2D eigenvalue weighted by atomic mass is 9.93. The summed E-state index contributed by atoms with van der Waals surface area (Å²) in [6.45, 7) is 10.7. The quantitative estimate of drug-likeness (QED) is 0.0522. The molecule has 26 heteroatoms. The Bertz CT molecular complexity index is 6790. The summed E-state index contributed by atoms with van der Waals surface area (Å²) in [5.41, 5.74) is 24.4. The second-order valence-corrected chi connectivity index (χ2v) is 39.5. The number of carbonyl (C=O) groups excluding carboxylic acids is 1. The van der Waals surface area contributed by atoms with Gasteiger partial charge in [0, 0.05) is 153 Å². The number of amides is 1. The van der Waals surface area contributed by atoms with Gasteiger partial charge in [-0.1, -0.05) is 204 Å². The third kappa shape index (κ3) is 20.4. The summed E-state index contributed by atoms with van der Waals surface area (Å²) in [5, 5.41) is 21.8. The summed E-state index contributed by atoms with van der Waals surface area (Å²) < 4.78 is 46.0. The molecule has 5 aliphatic rings. The fourth-order valence-electron chi connectivity index (χ4n) is 18.3. The van der Waals surface area contributed by atoms with Crippen molar-refractivity contribution in [1.82, 2.24) is 50.1 Å². The number of carbonyl (C=O) groups is 1. The van der Waals surface area contributed by atoms with Crippen molar-refractivity contribution in [2.45, 2.75) is 109 Å². The van der Waals surface area contributed by atoms with Crippen molar-refractivity contribution in [3.05, 3.63) is 370 Å². The third-order valence-electron chi connectivity index (χ3n) is 24.0. The molecule has 5 aromatic heterocycles. The largest absolute Gasteiger partial charge is 0.491 e. The second-order valence-electron chi connectivity index (χ2n) is 32.7. The molecular formula is C101H93Br2Cl7N10O6S. The van der Waals surface area contributed by atoms with Gasteiger partial charge in [-0.05, 0) is 279 Å². The van der Waals surface area contributed by atoms with E-state index in [0.717, 1.165) is 171 Å². The van der Waals surface area contributed by atoms with Gasteiger partial charge in [0.1, 0.15) is 18.1 Å².